The first-order valence-corrected chi connectivity index (χ1v) is 8.74. The number of aryl methyl sites for hydroxylation is 1. The Bertz CT molecular complexity index is 629. The molecule has 21 heavy (non-hydrogen) atoms. The lowest BCUT2D eigenvalue weighted by atomic mass is 10.1. The molecule has 2 rings (SSSR count). The fraction of sp³-hybridized carbons (Fsp3) is 0.533. The average molecular weight is 307 g/mol. The predicted molar refractivity (Wildman–Crippen MR) is 81.4 cm³/mol. The highest BCUT2D eigenvalue weighted by Crippen LogP contribution is 2.14. The van der Waals surface area contributed by atoms with Crippen molar-refractivity contribution in [3.8, 4) is 6.07 Å². The molecule has 0 amide bonds. The Hall–Kier alpha value is -1.42. The molecule has 0 bridgehead atoms. The van der Waals surface area contributed by atoms with E-state index in [2.05, 4.69) is 9.62 Å². The minimum atomic E-state index is -3.48. The van der Waals surface area contributed by atoms with Crippen LogP contribution in [-0.4, -0.2) is 39.5 Å². The Labute approximate surface area is 126 Å². The number of nitrogens with zero attached hydrogens (tertiary/aromatic N) is 2. The quantitative estimate of drug-likeness (QED) is 0.811. The van der Waals surface area contributed by atoms with Crippen molar-refractivity contribution in [1.82, 2.24) is 9.62 Å². The Morgan fingerprint density at radius 2 is 2.05 bits per heavy atom. The van der Waals surface area contributed by atoms with E-state index in [9.17, 15) is 8.42 Å². The lowest BCUT2D eigenvalue weighted by Gasteiger charge is -2.14. The lowest BCUT2D eigenvalue weighted by Crippen LogP contribution is -2.28. The number of rotatable bonds is 6. The minimum absolute atomic E-state index is 0.222. The molecule has 0 atom stereocenters. The van der Waals surface area contributed by atoms with Crippen LogP contribution in [0.25, 0.3) is 0 Å². The number of nitriles is 1. The summed E-state index contributed by atoms with van der Waals surface area (Å²) >= 11 is 0. The van der Waals surface area contributed by atoms with Gasteiger partial charge in [0.05, 0.1) is 16.5 Å². The van der Waals surface area contributed by atoms with E-state index in [0.717, 1.165) is 26.1 Å². The van der Waals surface area contributed by atoms with Crippen LogP contribution in [0, 0.1) is 18.3 Å². The zero-order valence-corrected chi connectivity index (χ0v) is 13.1. The fourth-order valence-electron chi connectivity index (χ4n) is 2.53. The summed E-state index contributed by atoms with van der Waals surface area (Å²) in [5.74, 6) is 0. The third-order valence-corrected chi connectivity index (χ3v) is 5.23. The van der Waals surface area contributed by atoms with Crippen LogP contribution in [0.4, 0.5) is 0 Å². The second-order valence-corrected chi connectivity index (χ2v) is 7.16. The van der Waals surface area contributed by atoms with Crippen LogP contribution in [0.5, 0.6) is 0 Å². The largest absolute Gasteiger partial charge is 0.303 e. The van der Waals surface area contributed by atoms with Gasteiger partial charge < -0.3 is 4.90 Å². The van der Waals surface area contributed by atoms with E-state index in [4.69, 9.17) is 5.26 Å². The van der Waals surface area contributed by atoms with Crippen molar-refractivity contribution in [3.05, 3.63) is 29.3 Å². The molecule has 0 unspecified atom stereocenters. The number of hydrogen-bond acceptors (Lipinski definition) is 4. The molecule has 1 saturated heterocycles. The Kier molecular flexibility index (Phi) is 5.34. The van der Waals surface area contributed by atoms with Crippen LogP contribution in [0.2, 0.25) is 0 Å². The SMILES string of the molecule is Cc1cc(S(=O)(=O)NCCCN2CCCC2)ccc1C#N. The maximum absolute atomic E-state index is 12.2. The molecular formula is C15H21N3O2S. The zero-order chi connectivity index (χ0) is 15.3. The van der Waals surface area contributed by atoms with Crippen molar-refractivity contribution < 1.29 is 8.42 Å². The Balaban J connectivity index is 1.89. The summed E-state index contributed by atoms with van der Waals surface area (Å²) < 4.78 is 27.0. The van der Waals surface area contributed by atoms with E-state index in [1.54, 1.807) is 19.1 Å². The third-order valence-electron chi connectivity index (χ3n) is 3.77. The molecule has 1 aromatic carbocycles. The monoisotopic (exact) mass is 307 g/mol. The summed E-state index contributed by atoms with van der Waals surface area (Å²) in [5, 5.41) is 8.87. The fourth-order valence-corrected chi connectivity index (χ4v) is 3.69. The van der Waals surface area contributed by atoms with Gasteiger partial charge in [0.25, 0.3) is 0 Å². The molecule has 0 saturated carbocycles. The highest BCUT2D eigenvalue weighted by molar-refractivity contribution is 7.89. The molecule has 1 aromatic rings. The van der Waals surface area contributed by atoms with Gasteiger partial charge in [-0.25, -0.2) is 13.1 Å². The Morgan fingerprint density at radius 3 is 2.67 bits per heavy atom. The molecule has 0 aliphatic carbocycles. The van der Waals surface area contributed by atoms with Crippen molar-refractivity contribution in [2.24, 2.45) is 0 Å². The van der Waals surface area contributed by atoms with E-state index < -0.39 is 10.0 Å². The summed E-state index contributed by atoms with van der Waals surface area (Å²) in [5.41, 5.74) is 1.18. The van der Waals surface area contributed by atoms with Crippen molar-refractivity contribution in [1.29, 1.82) is 5.26 Å². The maximum Gasteiger partial charge on any atom is 0.240 e. The second-order valence-electron chi connectivity index (χ2n) is 5.39. The highest BCUT2D eigenvalue weighted by atomic mass is 32.2. The van der Waals surface area contributed by atoms with Gasteiger partial charge in [-0.2, -0.15) is 5.26 Å². The van der Waals surface area contributed by atoms with Gasteiger partial charge in [-0.3, -0.25) is 0 Å². The predicted octanol–water partition coefficient (Wildman–Crippen LogP) is 1.63. The van der Waals surface area contributed by atoms with Crippen molar-refractivity contribution >= 4 is 10.0 Å². The van der Waals surface area contributed by atoms with Gasteiger partial charge >= 0.3 is 0 Å². The van der Waals surface area contributed by atoms with E-state index in [0.29, 0.717) is 17.7 Å². The van der Waals surface area contributed by atoms with Crippen LogP contribution in [0.3, 0.4) is 0 Å². The lowest BCUT2D eigenvalue weighted by molar-refractivity contribution is 0.334. The first-order chi connectivity index (χ1) is 10.0. The molecule has 1 aliphatic rings. The molecule has 0 spiro atoms. The molecule has 114 valence electrons. The number of likely N-dealkylation sites (tertiary alicyclic amines) is 1. The van der Waals surface area contributed by atoms with Gasteiger partial charge in [-0.15, -0.1) is 0 Å². The van der Waals surface area contributed by atoms with Crippen LogP contribution in [0.15, 0.2) is 23.1 Å². The van der Waals surface area contributed by atoms with Gasteiger partial charge in [0.2, 0.25) is 10.0 Å². The van der Waals surface area contributed by atoms with Crippen LogP contribution < -0.4 is 4.72 Å². The van der Waals surface area contributed by atoms with E-state index in [-0.39, 0.29) is 4.90 Å². The van der Waals surface area contributed by atoms with Crippen molar-refractivity contribution in [2.45, 2.75) is 31.1 Å². The first-order valence-electron chi connectivity index (χ1n) is 7.26. The molecule has 5 nitrogen and oxygen atoms in total. The number of benzene rings is 1. The summed E-state index contributed by atoms with van der Waals surface area (Å²) in [7, 11) is -3.48. The summed E-state index contributed by atoms with van der Waals surface area (Å²) in [6.45, 7) is 5.38. The molecular weight excluding hydrogens is 286 g/mol. The maximum atomic E-state index is 12.2. The third kappa shape index (κ3) is 4.27. The molecule has 6 heteroatoms. The van der Waals surface area contributed by atoms with Gasteiger partial charge in [-0.05, 0) is 69.6 Å². The second kappa shape index (κ2) is 7.03. The van der Waals surface area contributed by atoms with Gasteiger partial charge in [0.15, 0.2) is 0 Å². The molecule has 1 aliphatic heterocycles. The topological polar surface area (TPSA) is 73.2 Å². The number of sulfonamides is 1. The summed E-state index contributed by atoms with van der Waals surface area (Å²) in [6.07, 6.45) is 3.31. The molecule has 0 aromatic heterocycles. The Morgan fingerprint density at radius 1 is 1.33 bits per heavy atom. The average Bonchev–Trinajstić information content (AvgIpc) is 2.97. The minimum Gasteiger partial charge on any atom is -0.303 e. The number of nitrogens with one attached hydrogen (secondary N) is 1. The van der Waals surface area contributed by atoms with E-state index >= 15 is 0 Å². The standard InChI is InChI=1S/C15H21N3O2S/c1-13-11-15(6-5-14(13)12-16)21(19,20)17-7-4-10-18-8-2-3-9-18/h5-6,11,17H,2-4,7-10H2,1H3. The smallest absolute Gasteiger partial charge is 0.240 e. The summed E-state index contributed by atoms with van der Waals surface area (Å²) in [4.78, 5) is 2.58. The van der Waals surface area contributed by atoms with Gasteiger partial charge in [0, 0.05) is 6.54 Å². The van der Waals surface area contributed by atoms with Crippen molar-refractivity contribution in [2.75, 3.05) is 26.2 Å². The first kappa shape index (κ1) is 16.0. The van der Waals surface area contributed by atoms with Crippen LogP contribution in [-0.2, 0) is 10.0 Å². The highest BCUT2D eigenvalue weighted by Gasteiger charge is 2.15. The van der Waals surface area contributed by atoms with E-state index in [1.165, 1.54) is 18.9 Å². The van der Waals surface area contributed by atoms with Crippen molar-refractivity contribution in [3.63, 3.8) is 0 Å². The summed E-state index contributed by atoms with van der Waals surface area (Å²) in [6, 6.07) is 6.61. The molecule has 1 fully saturated rings. The normalized spacial score (nSPS) is 16.0. The van der Waals surface area contributed by atoms with Gasteiger partial charge in [0.1, 0.15) is 0 Å². The molecule has 1 heterocycles. The zero-order valence-electron chi connectivity index (χ0n) is 12.3. The van der Waals surface area contributed by atoms with E-state index in [1.807, 2.05) is 6.07 Å². The molecule has 0 radical (unpaired) electrons. The van der Waals surface area contributed by atoms with Crippen LogP contribution >= 0.6 is 0 Å². The van der Waals surface area contributed by atoms with Crippen LogP contribution in [0.1, 0.15) is 30.4 Å². The molecule has 1 N–H and O–H groups in total. The number of hydrogen-bond donors (Lipinski definition) is 1. The van der Waals surface area contributed by atoms with Gasteiger partial charge in [-0.1, -0.05) is 0 Å².